The highest BCUT2D eigenvalue weighted by Gasteiger charge is 2.56. The summed E-state index contributed by atoms with van der Waals surface area (Å²) in [5.41, 5.74) is 0.127. The Hall–Kier alpha value is -1.36. The number of ether oxygens (including phenoxy) is 2. The molecule has 0 aromatic carbocycles. The van der Waals surface area contributed by atoms with Crippen molar-refractivity contribution in [2.75, 3.05) is 13.2 Å². The molecule has 1 fully saturated rings. The Balaban J connectivity index is 2.50. The van der Waals surface area contributed by atoms with Crippen LogP contribution < -0.4 is 0 Å². The Kier molecular flexibility index (Phi) is 5.73. The highest BCUT2D eigenvalue weighted by Crippen LogP contribution is 2.51. The molecule has 0 unspecified atom stereocenters. The van der Waals surface area contributed by atoms with Crippen LogP contribution in [0.15, 0.2) is 22.9 Å². The molecule has 24 heavy (non-hydrogen) atoms. The van der Waals surface area contributed by atoms with Gasteiger partial charge in [-0.05, 0) is 45.4 Å². The standard InChI is InChI=1S/C19H30O4Si/c1-6-22-17(20)19(18(21)23-7-2)12-14-10-8-9-11-16(15(14)13-19)24(3,4)5/h8,10,14H,6-7,9,11-13H2,1-5H3/t14-/m0/s1. The van der Waals surface area contributed by atoms with Gasteiger partial charge in [0.1, 0.15) is 0 Å². The zero-order chi connectivity index (χ0) is 18.0. The van der Waals surface area contributed by atoms with Gasteiger partial charge in [0, 0.05) is 0 Å². The molecular formula is C19H30O4Si. The molecule has 0 spiro atoms. The molecule has 134 valence electrons. The Morgan fingerprint density at radius 1 is 1.17 bits per heavy atom. The van der Waals surface area contributed by atoms with Crippen LogP contribution in [0.3, 0.4) is 0 Å². The maximum absolute atomic E-state index is 12.7. The van der Waals surface area contributed by atoms with Gasteiger partial charge < -0.3 is 9.47 Å². The fourth-order valence-corrected chi connectivity index (χ4v) is 6.11. The van der Waals surface area contributed by atoms with Crippen molar-refractivity contribution in [1.82, 2.24) is 0 Å². The maximum Gasteiger partial charge on any atom is 0.323 e. The summed E-state index contributed by atoms with van der Waals surface area (Å²) in [6.45, 7) is 11.1. The van der Waals surface area contributed by atoms with Crippen LogP contribution in [-0.2, 0) is 19.1 Å². The quantitative estimate of drug-likeness (QED) is 0.325. The summed E-state index contributed by atoms with van der Waals surface area (Å²) in [5, 5.41) is 1.51. The van der Waals surface area contributed by atoms with Crippen LogP contribution in [0.5, 0.6) is 0 Å². The summed E-state index contributed by atoms with van der Waals surface area (Å²) in [4.78, 5) is 25.4. The first kappa shape index (κ1) is 19.0. The lowest BCUT2D eigenvalue weighted by molar-refractivity contribution is -0.171. The summed E-state index contributed by atoms with van der Waals surface area (Å²) in [5.74, 6) is -0.692. The number of esters is 2. The van der Waals surface area contributed by atoms with E-state index >= 15 is 0 Å². The lowest BCUT2D eigenvalue weighted by Gasteiger charge is -2.26. The number of allylic oxidation sites excluding steroid dienone is 4. The Morgan fingerprint density at radius 3 is 2.25 bits per heavy atom. The minimum atomic E-state index is -1.51. The molecule has 0 saturated heterocycles. The number of rotatable bonds is 5. The molecular weight excluding hydrogens is 320 g/mol. The van der Waals surface area contributed by atoms with E-state index in [1.807, 2.05) is 0 Å². The molecule has 2 rings (SSSR count). The molecule has 0 aromatic rings. The molecule has 0 amide bonds. The molecule has 2 aliphatic rings. The van der Waals surface area contributed by atoms with Crippen molar-refractivity contribution in [3.8, 4) is 0 Å². The number of hydrogen-bond acceptors (Lipinski definition) is 4. The molecule has 2 aliphatic carbocycles. The monoisotopic (exact) mass is 350 g/mol. The molecule has 1 atom stereocenters. The molecule has 0 aromatic heterocycles. The van der Waals surface area contributed by atoms with E-state index in [1.54, 1.807) is 13.8 Å². The minimum Gasteiger partial charge on any atom is -0.465 e. The van der Waals surface area contributed by atoms with Crippen LogP contribution in [-0.4, -0.2) is 33.2 Å². The van der Waals surface area contributed by atoms with Gasteiger partial charge in [-0.15, -0.1) is 0 Å². The van der Waals surface area contributed by atoms with Crippen LogP contribution in [0, 0.1) is 11.3 Å². The third-order valence-corrected chi connectivity index (χ3v) is 7.44. The second-order valence-electron chi connectivity index (χ2n) is 7.73. The predicted octanol–water partition coefficient (Wildman–Crippen LogP) is 4.03. The van der Waals surface area contributed by atoms with Gasteiger partial charge in [0.05, 0.1) is 21.3 Å². The fourth-order valence-electron chi connectivity index (χ4n) is 3.98. The van der Waals surface area contributed by atoms with E-state index in [9.17, 15) is 9.59 Å². The van der Waals surface area contributed by atoms with Crippen molar-refractivity contribution < 1.29 is 19.1 Å². The highest BCUT2D eigenvalue weighted by atomic mass is 28.3. The van der Waals surface area contributed by atoms with Gasteiger partial charge in [0.2, 0.25) is 0 Å². The van der Waals surface area contributed by atoms with Gasteiger partial charge in [-0.2, -0.15) is 0 Å². The average molecular weight is 351 g/mol. The van der Waals surface area contributed by atoms with Crippen molar-refractivity contribution in [2.45, 2.75) is 59.2 Å². The highest BCUT2D eigenvalue weighted by molar-refractivity contribution is 6.83. The first-order valence-electron chi connectivity index (χ1n) is 8.99. The topological polar surface area (TPSA) is 52.6 Å². The summed E-state index contributed by atoms with van der Waals surface area (Å²) in [7, 11) is -1.51. The first-order valence-corrected chi connectivity index (χ1v) is 12.5. The third-order valence-electron chi connectivity index (χ3n) is 5.06. The summed E-state index contributed by atoms with van der Waals surface area (Å²) in [6.07, 6.45) is 7.40. The van der Waals surface area contributed by atoms with Crippen LogP contribution in [0.2, 0.25) is 19.6 Å². The molecule has 0 aliphatic heterocycles. The second-order valence-corrected chi connectivity index (χ2v) is 12.8. The zero-order valence-electron chi connectivity index (χ0n) is 15.6. The number of carbonyl (C=O) groups excluding carboxylic acids is 2. The van der Waals surface area contributed by atoms with Crippen LogP contribution in [0.25, 0.3) is 0 Å². The fraction of sp³-hybridized carbons (Fsp3) is 0.684. The Morgan fingerprint density at radius 2 is 1.75 bits per heavy atom. The zero-order valence-corrected chi connectivity index (χ0v) is 16.6. The minimum absolute atomic E-state index is 0.156. The Bertz CT molecular complexity index is 550. The van der Waals surface area contributed by atoms with Crippen LogP contribution in [0.4, 0.5) is 0 Å². The average Bonchev–Trinajstić information content (AvgIpc) is 2.76. The molecule has 5 heteroatoms. The van der Waals surface area contributed by atoms with E-state index < -0.39 is 25.4 Å². The van der Waals surface area contributed by atoms with Crippen LogP contribution >= 0.6 is 0 Å². The SMILES string of the molecule is CCOC(=O)C1(C(=O)OCC)CC2=C([Si](C)(C)C)CCC=C[C@H]2C1. The van der Waals surface area contributed by atoms with Gasteiger partial charge in [-0.25, -0.2) is 0 Å². The first-order chi connectivity index (χ1) is 11.3. The van der Waals surface area contributed by atoms with Crippen molar-refractivity contribution >= 4 is 20.0 Å². The molecule has 1 saturated carbocycles. The van der Waals surface area contributed by atoms with Crippen molar-refractivity contribution in [2.24, 2.45) is 11.3 Å². The predicted molar refractivity (Wildman–Crippen MR) is 97.2 cm³/mol. The van der Waals surface area contributed by atoms with Gasteiger partial charge in [0.25, 0.3) is 0 Å². The van der Waals surface area contributed by atoms with Gasteiger partial charge in [-0.1, -0.05) is 42.6 Å². The normalized spacial score (nSPS) is 22.8. The molecule has 0 heterocycles. The van der Waals surface area contributed by atoms with Crippen LogP contribution in [0.1, 0.15) is 39.5 Å². The van der Waals surface area contributed by atoms with E-state index in [1.165, 1.54) is 10.8 Å². The molecule has 0 radical (unpaired) electrons. The summed E-state index contributed by atoms with van der Waals surface area (Å²) < 4.78 is 10.6. The second kappa shape index (κ2) is 7.26. The lowest BCUT2D eigenvalue weighted by Crippen LogP contribution is -2.40. The molecule has 0 bridgehead atoms. The van der Waals surface area contributed by atoms with E-state index in [4.69, 9.17) is 9.47 Å². The van der Waals surface area contributed by atoms with Crippen molar-refractivity contribution in [1.29, 1.82) is 0 Å². The number of carbonyl (C=O) groups is 2. The van der Waals surface area contributed by atoms with E-state index in [0.29, 0.717) is 12.8 Å². The third kappa shape index (κ3) is 3.51. The lowest BCUT2D eigenvalue weighted by atomic mass is 9.85. The Labute approximate surface area is 146 Å². The van der Waals surface area contributed by atoms with Crippen molar-refractivity contribution in [3.63, 3.8) is 0 Å². The van der Waals surface area contributed by atoms with Crippen molar-refractivity contribution in [3.05, 3.63) is 22.9 Å². The van der Waals surface area contributed by atoms with Gasteiger partial charge in [-0.3, -0.25) is 9.59 Å². The molecule has 4 nitrogen and oxygen atoms in total. The molecule has 0 N–H and O–H groups in total. The van der Waals surface area contributed by atoms with E-state index in [-0.39, 0.29) is 19.1 Å². The van der Waals surface area contributed by atoms with Gasteiger partial charge >= 0.3 is 11.9 Å². The maximum atomic E-state index is 12.7. The van der Waals surface area contributed by atoms with E-state index in [0.717, 1.165) is 12.8 Å². The smallest absolute Gasteiger partial charge is 0.323 e. The summed E-state index contributed by atoms with van der Waals surface area (Å²) >= 11 is 0. The largest absolute Gasteiger partial charge is 0.465 e. The number of fused-ring (bicyclic) bond motifs is 1. The summed E-state index contributed by atoms with van der Waals surface area (Å²) in [6, 6.07) is 0. The van der Waals surface area contributed by atoms with Gasteiger partial charge in [0.15, 0.2) is 5.41 Å². The van der Waals surface area contributed by atoms with E-state index in [2.05, 4.69) is 31.8 Å². The number of hydrogen-bond donors (Lipinski definition) is 0.